The minimum Gasteiger partial charge on any atom is -0.416 e. The summed E-state index contributed by atoms with van der Waals surface area (Å²) in [7, 11) is 0. The normalized spacial score (nSPS) is 15.2. The Balaban J connectivity index is 1.87. The Labute approximate surface area is 162 Å². The maximum atomic E-state index is 14.5. The lowest BCUT2D eigenvalue weighted by atomic mass is 9.95. The summed E-state index contributed by atoms with van der Waals surface area (Å²) in [6, 6.07) is 7.82. The van der Waals surface area contributed by atoms with Crippen molar-refractivity contribution in [1.82, 2.24) is 4.90 Å². The summed E-state index contributed by atoms with van der Waals surface area (Å²) in [4.78, 5) is 27.3. The molecule has 0 radical (unpaired) electrons. The minimum atomic E-state index is -0.581. The smallest absolute Gasteiger partial charge is 0.308 e. The third-order valence-corrected chi connectivity index (χ3v) is 5.88. The van der Waals surface area contributed by atoms with Crippen molar-refractivity contribution in [2.75, 3.05) is 6.54 Å². The number of thiophene rings is 1. The number of ether oxygens (including phenoxy) is 1. The van der Waals surface area contributed by atoms with Gasteiger partial charge in [0.1, 0.15) is 5.82 Å². The first-order valence-electron chi connectivity index (χ1n) is 9.30. The van der Waals surface area contributed by atoms with Crippen LogP contribution in [0.15, 0.2) is 30.3 Å². The van der Waals surface area contributed by atoms with E-state index in [0.29, 0.717) is 30.1 Å². The lowest BCUT2D eigenvalue weighted by Gasteiger charge is -2.34. The van der Waals surface area contributed by atoms with Gasteiger partial charge in [-0.15, -0.1) is 11.3 Å². The number of ketones is 1. The summed E-state index contributed by atoms with van der Waals surface area (Å²) in [5.41, 5.74) is 1.49. The Morgan fingerprint density at radius 1 is 1.33 bits per heavy atom. The Kier molecular flexibility index (Phi) is 6.39. The van der Waals surface area contributed by atoms with Crippen molar-refractivity contribution in [3.8, 4) is 5.06 Å². The highest BCUT2D eigenvalue weighted by atomic mass is 32.1. The van der Waals surface area contributed by atoms with Crippen LogP contribution in [-0.4, -0.2) is 23.2 Å². The Morgan fingerprint density at radius 3 is 2.81 bits per heavy atom. The molecule has 0 N–H and O–H groups in total. The van der Waals surface area contributed by atoms with Gasteiger partial charge in [-0.2, -0.15) is 0 Å². The zero-order valence-electron chi connectivity index (χ0n) is 15.7. The standard InChI is InChI=1S/C21H24FNO3S/c1-3-4-9-18(25)21(16-7-5-6-8-17(16)22)23-11-10-19-15(13-23)12-20(27-19)26-14(2)24/h5-8,12,21H,3-4,9-11,13H2,1-2H3. The predicted octanol–water partition coefficient (Wildman–Crippen LogP) is 4.67. The molecule has 2 aromatic rings. The average Bonchev–Trinajstić information content (AvgIpc) is 3.02. The van der Waals surface area contributed by atoms with Crippen LogP contribution in [-0.2, 0) is 22.6 Å². The molecule has 27 heavy (non-hydrogen) atoms. The summed E-state index contributed by atoms with van der Waals surface area (Å²) in [5.74, 6) is -0.630. The number of nitrogens with zero attached hydrogens (tertiary/aromatic N) is 1. The second kappa shape index (κ2) is 8.76. The van der Waals surface area contributed by atoms with Gasteiger partial charge in [-0.1, -0.05) is 31.5 Å². The van der Waals surface area contributed by atoms with E-state index in [1.54, 1.807) is 18.2 Å². The van der Waals surface area contributed by atoms with Crippen molar-refractivity contribution in [2.24, 2.45) is 0 Å². The maximum Gasteiger partial charge on any atom is 0.308 e. The molecule has 0 saturated heterocycles. The van der Waals surface area contributed by atoms with Crippen LogP contribution in [0.4, 0.5) is 4.39 Å². The van der Waals surface area contributed by atoms with Gasteiger partial charge in [0.25, 0.3) is 0 Å². The lowest BCUT2D eigenvalue weighted by molar-refractivity contribution is -0.131. The van der Waals surface area contributed by atoms with Gasteiger partial charge in [0, 0.05) is 36.9 Å². The molecule has 6 heteroatoms. The molecule has 0 saturated carbocycles. The highest BCUT2D eigenvalue weighted by Gasteiger charge is 2.32. The van der Waals surface area contributed by atoms with Gasteiger partial charge in [-0.3, -0.25) is 14.5 Å². The largest absolute Gasteiger partial charge is 0.416 e. The molecule has 1 aliphatic heterocycles. The summed E-state index contributed by atoms with van der Waals surface area (Å²) < 4.78 is 19.7. The molecule has 2 heterocycles. The molecule has 1 aromatic carbocycles. The maximum absolute atomic E-state index is 14.5. The Hall–Kier alpha value is -2.05. The zero-order chi connectivity index (χ0) is 19.4. The molecular weight excluding hydrogens is 365 g/mol. The Bertz CT molecular complexity index is 833. The Morgan fingerprint density at radius 2 is 2.11 bits per heavy atom. The van der Waals surface area contributed by atoms with Gasteiger partial charge in [0.05, 0.1) is 6.04 Å². The van der Waals surface area contributed by atoms with Gasteiger partial charge in [0.15, 0.2) is 10.8 Å². The number of unbranched alkanes of at least 4 members (excludes halogenated alkanes) is 1. The molecule has 4 nitrogen and oxygen atoms in total. The average molecular weight is 389 g/mol. The minimum absolute atomic E-state index is 0.0563. The third-order valence-electron chi connectivity index (χ3n) is 4.76. The number of benzene rings is 1. The van der Waals surface area contributed by atoms with Crippen molar-refractivity contribution in [1.29, 1.82) is 0 Å². The predicted molar refractivity (Wildman–Crippen MR) is 103 cm³/mol. The van der Waals surface area contributed by atoms with E-state index < -0.39 is 6.04 Å². The first-order valence-corrected chi connectivity index (χ1v) is 10.1. The summed E-state index contributed by atoms with van der Waals surface area (Å²) in [5, 5.41) is 0.578. The molecular formula is C21H24FNO3S. The van der Waals surface area contributed by atoms with Crippen LogP contribution >= 0.6 is 11.3 Å². The zero-order valence-corrected chi connectivity index (χ0v) is 16.5. The van der Waals surface area contributed by atoms with Crippen molar-refractivity contribution in [3.05, 3.63) is 52.2 Å². The first kappa shape index (κ1) is 19.7. The molecule has 1 unspecified atom stereocenters. The molecule has 0 bridgehead atoms. The van der Waals surface area contributed by atoms with Crippen LogP contribution in [0, 0.1) is 5.82 Å². The molecule has 3 rings (SSSR count). The van der Waals surface area contributed by atoms with E-state index >= 15 is 0 Å². The van der Waals surface area contributed by atoms with Crippen LogP contribution in [0.2, 0.25) is 0 Å². The van der Waals surface area contributed by atoms with Crippen LogP contribution in [0.1, 0.15) is 55.2 Å². The number of Topliss-reactive ketones (excluding diaryl/α,β-unsaturated/α-hetero) is 1. The molecule has 1 aromatic heterocycles. The number of carbonyl (C=O) groups excluding carboxylic acids is 2. The van der Waals surface area contributed by atoms with Crippen molar-refractivity contribution in [3.63, 3.8) is 0 Å². The number of fused-ring (bicyclic) bond motifs is 1. The number of carbonyl (C=O) groups is 2. The second-order valence-electron chi connectivity index (χ2n) is 6.82. The number of hydrogen-bond donors (Lipinski definition) is 0. The van der Waals surface area contributed by atoms with Crippen molar-refractivity contribution < 1.29 is 18.7 Å². The number of hydrogen-bond acceptors (Lipinski definition) is 5. The quantitative estimate of drug-likeness (QED) is 0.646. The van der Waals surface area contributed by atoms with Crippen LogP contribution in [0.25, 0.3) is 0 Å². The van der Waals surface area contributed by atoms with E-state index in [1.165, 1.54) is 24.3 Å². The fraction of sp³-hybridized carbons (Fsp3) is 0.429. The summed E-state index contributed by atoms with van der Waals surface area (Å²) >= 11 is 1.47. The summed E-state index contributed by atoms with van der Waals surface area (Å²) in [6.07, 6.45) is 2.93. The van der Waals surface area contributed by atoms with E-state index in [2.05, 4.69) is 0 Å². The molecule has 0 spiro atoms. The van der Waals surface area contributed by atoms with Gasteiger partial charge >= 0.3 is 5.97 Å². The second-order valence-corrected chi connectivity index (χ2v) is 7.92. The van der Waals surface area contributed by atoms with E-state index in [0.717, 1.165) is 29.7 Å². The molecule has 0 aliphatic carbocycles. The SMILES string of the molecule is CCCCC(=O)C(c1ccccc1F)N1CCc2sc(OC(C)=O)cc2C1. The van der Waals surface area contributed by atoms with Gasteiger partial charge in [-0.05, 0) is 30.5 Å². The van der Waals surface area contributed by atoms with Gasteiger partial charge in [0.2, 0.25) is 0 Å². The third kappa shape index (κ3) is 4.62. The van der Waals surface area contributed by atoms with E-state index in [4.69, 9.17) is 4.74 Å². The van der Waals surface area contributed by atoms with Crippen LogP contribution in [0.5, 0.6) is 5.06 Å². The topological polar surface area (TPSA) is 46.6 Å². The fourth-order valence-corrected chi connectivity index (χ4v) is 4.55. The monoisotopic (exact) mass is 389 g/mol. The van der Waals surface area contributed by atoms with Crippen molar-refractivity contribution >= 4 is 23.1 Å². The molecule has 1 atom stereocenters. The highest BCUT2D eigenvalue weighted by molar-refractivity contribution is 7.14. The van der Waals surface area contributed by atoms with E-state index in [-0.39, 0.29) is 17.6 Å². The number of rotatable bonds is 7. The molecule has 0 amide bonds. The highest BCUT2D eigenvalue weighted by Crippen LogP contribution is 2.37. The number of halogens is 1. The molecule has 1 aliphatic rings. The van der Waals surface area contributed by atoms with Gasteiger partial charge < -0.3 is 4.74 Å². The number of esters is 1. The fourth-order valence-electron chi connectivity index (χ4n) is 3.50. The van der Waals surface area contributed by atoms with E-state index in [9.17, 15) is 14.0 Å². The molecule has 144 valence electrons. The van der Waals surface area contributed by atoms with Crippen LogP contribution < -0.4 is 4.74 Å². The lowest BCUT2D eigenvalue weighted by Crippen LogP contribution is -2.38. The van der Waals surface area contributed by atoms with E-state index in [1.807, 2.05) is 17.9 Å². The van der Waals surface area contributed by atoms with Crippen LogP contribution in [0.3, 0.4) is 0 Å². The first-order chi connectivity index (χ1) is 13.0. The molecule has 0 fully saturated rings. The van der Waals surface area contributed by atoms with Gasteiger partial charge in [-0.25, -0.2) is 4.39 Å². The summed E-state index contributed by atoms with van der Waals surface area (Å²) in [6.45, 7) is 4.64. The van der Waals surface area contributed by atoms with Crippen molar-refractivity contribution in [2.45, 2.75) is 52.1 Å².